The molecule has 0 spiro atoms. The van der Waals surface area contributed by atoms with Crippen LogP contribution in [0.5, 0.6) is 0 Å². The number of thiazole rings is 1. The summed E-state index contributed by atoms with van der Waals surface area (Å²) >= 11 is 1.57. The first-order valence-electron chi connectivity index (χ1n) is 6.07. The number of carbonyl (C=O) groups excluding carboxylic acids is 1. The smallest absolute Gasteiger partial charge is 0.220 e. The van der Waals surface area contributed by atoms with Crippen molar-refractivity contribution in [3.8, 4) is 0 Å². The molecule has 0 saturated carbocycles. The number of hydrogen-bond donors (Lipinski definition) is 1. The van der Waals surface area contributed by atoms with Crippen molar-refractivity contribution in [1.82, 2.24) is 30.5 Å². The number of aromatic nitrogens is 5. The number of amides is 1. The van der Waals surface area contributed by atoms with Crippen molar-refractivity contribution in [2.75, 3.05) is 0 Å². The van der Waals surface area contributed by atoms with Gasteiger partial charge in [0.05, 0.1) is 6.04 Å². The third-order valence-corrected chi connectivity index (χ3v) is 3.71. The van der Waals surface area contributed by atoms with Crippen LogP contribution in [0.15, 0.2) is 11.7 Å². The highest BCUT2D eigenvalue weighted by Gasteiger charge is 2.12. The molecule has 8 heteroatoms. The lowest BCUT2D eigenvalue weighted by Gasteiger charge is -2.10. The van der Waals surface area contributed by atoms with Crippen LogP contribution < -0.4 is 5.32 Å². The van der Waals surface area contributed by atoms with Gasteiger partial charge in [0.15, 0.2) is 0 Å². The van der Waals surface area contributed by atoms with Gasteiger partial charge >= 0.3 is 0 Å². The highest BCUT2D eigenvalue weighted by Crippen LogP contribution is 2.17. The van der Waals surface area contributed by atoms with Crippen molar-refractivity contribution in [3.05, 3.63) is 22.4 Å². The van der Waals surface area contributed by atoms with E-state index in [-0.39, 0.29) is 11.9 Å². The number of aryl methyl sites for hydroxylation is 2. The van der Waals surface area contributed by atoms with Gasteiger partial charge in [0, 0.05) is 24.0 Å². The molecule has 2 aromatic rings. The van der Waals surface area contributed by atoms with Crippen molar-refractivity contribution >= 4 is 17.2 Å². The lowest BCUT2D eigenvalue weighted by atomic mass is 10.2. The molecule has 2 rings (SSSR count). The van der Waals surface area contributed by atoms with Gasteiger partial charge in [-0.2, -0.15) is 0 Å². The molecule has 102 valence electrons. The summed E-state index contributed by atoms with van der Waals surface area (Å²) in [5, 5.41) is 16.7. The molecule has 0 radical (unpaired) electrons. The van der Waals surface area contributed by atoms with Crippen molar-refractivity contribution in [1.29, 1.82) is 0 Å². The molecule has 0 bridgehead atoms. The molecule has 0 aromatic carbocycles. The molecule has 1 atom stereocenters. The zero-order valence-corrected chi connectivity index (χ0v) is 11.7. The van der Waals surface area contributed by atoms with Gasteiger partial charge in [0.1, 0.15) is 11.3 Å². The summed E-state index contributed by atoms with van der Waals surface area (Å²) < 4.78 is 1.61. The molecule has 0 fully saturated rings. The molecule has 19 heavy (non-hydrogen) atoms. The topological polar surface area (TPSA) is 85.6 Å². The van der Waals surface area contributed by atoms with Crippen LogP contribution in [-0.2, 0) is 11.3 Å². The van der Waals surface area contributed by atoms with Crippen LogP contribution in [0.2, 0.25) is 0 Å². The maximum Gasteiger partial charge on any atom is 0.220 e. The van der Waals surface area contributed by atoms with Crippen LogP contribution in [0.4, 0.5) is 0 Å². The van der Waals surface area contributed by atoms with E-state index in [1.807, 2.05) is 19.2 Å². The van der Waals surface area contributed by atoms with E-state index in [4.69, 9.17) is 0 Å². The van der Waals surface area contributed by atoms with Gasteiger partial charge in [0.2, 0.25) is 5.91 Å². The fourth-order valence-electron chi connectivity index (χ4n) is 1.63. The highest BCUT2D eigenvalue weighted by molar-refractivity contribution is 7.09. The number of tetrazole rings is 1. The van der Waals surface area contributed by atoms with E-state index in [2.05, 4.69) is 25.8 Å². The van der Waals surface area contributed by atoms with Crippen molar-refractivity contribution < 1.29 is 4.79 Å². The third kappa shape index (κ3) is 4.09. The minimum Gasteiger partial charge on any atom is -0.347 e. The van der Waals surface area contributed by atoms with E-state index >= 15 is 0 Å². The molecule has 0 saturated heterocycles. The number of carbonyl (C=O) groups is 1. The van der Waals surface area contributed by atoms with Crippen LogP contribution >= 0.6 is 11.3 Å². The number of nitrogens with zero attached hydrogens (tertiary/aromatic N) is 5. The standard InChI is InChI=1S/C11H16N6OS/c1-8-6-19-11(13-8)9(2)14-10(18)4-3-5-17-7-12-15-16-17/h6-7,9H,3-5H2,1-2H3,(H,14,18)/t9-/m0/s1. The van der Waals surface area contributed by atoms with E-state index in [9.17, 15) is 4.79 Å². The summed E-state index contributed by atoms with van der Waals surface area (Å²) in [5.41, 5.74) is 0.986. The Morgan fingerprint density at radius 1 is 1.58 bits per heavy atom. The number of nitrogens with one attached hydrogen (secondary N) is 1. The molecular weight excluding hydrogens is 264 g/mol. The first-order valence-corrected chi connectivity index (χ1v) is 6.95. The van der Waals surface area contributed by atoms with E-state index in [0.717, 1.165) is 10.7 Å². The average Bonchev–Trinajstić information content (AvgIpc) is 3.00. The molecule has 1 N–H and O–H groups in total. The predicted molar refractivity (Wildman–Crippen MR) is 70.5 cm³/mol. The second kappa shape index (κ2) is 6.37. The quantitative estimate of drug-likeness (QED) is 0.856. The van der Waals surface area contributed by atoms with Crippen molar-refractivity contribution in [2.45, 2.75) is 39.3 Å². The lowest BCUT2D eigenvalue weighted by Crippen LogP contribution is -2.26. The van der Waals surface area contributed by atoms with Gasteiger partial charge in [-0.25, -0.2) is 9.67 Å². The SMILES string of the molecule is Cc1csc([C@H](C)NC(=O)CCCn2cnnn2)n1. The van der Waals surface area contributed by atoms with Crippen LogP contribution in [0.3, 0.4) is 0 Å². The zero-order chi connectivity index (χ0) is 13.7. The normalized spacial score (nSPS) is 12.3. The van der Waals surface area contributed by atoms with Gasteiger partial charge in [-0.1, -0.05) is 0 Å². The molecule has 2 heterocycles. The van der Waals surface area contributed by atoms with Gasteiger partial charge in [-0.15, -0.1) is 16.4 Å². The summed E-state index contributed by atoms with van der Waals surface area (Å²) in [6, 6.07) is -0.0424. The van der Waals surface area contributed by atoms with Crippen molar-refractivity contribution in [2.24, 2.45) is 0 Å². The second-order valence-electron chi connectivity index (χ2n) is 4.29. The largest absolute Gasteiger partial charge is 0.347 e. The van der Waals surface area contributed by atoms with Gasteiger partial charge < -0.3 is 5.32 Å². The van der Waals surface area contributed by atoms with Crippen LogP contribution in [0, 0.1) is 6.92 Å². The molecule has 0 aliphatic carbocycles. The Kier molecular flexibility index (Phi) is 4.56. The summed E-state index contributed by atoms with van der Waals surface area (Å²) in [6.07, 6.45) is 2.70. The van der Waals surface area contributed by atoms with Crippen molar-refractivity contribution in [3.63, 3.8) is 0 Å². The highest BCUT2D eigenvalue weighted by atomic mass is 32.1. The minimum absolute atomic E-state index is 0.0217. The monoisotopic (exact) mass is 280 g/mol. The Bertz CT molecular complexity index is 523. The van der Waals surface area contributed by atoms with E-state index < -0.39 is 0 Å². The molecule has 0 aliphatic rings. The Morgan fingerprint density at radius 2 is 2.42 bits per heavy atom. The molecule has 7 nitrogen and oxygen atoms in total. The fraction of sp³-hybridized carbons (Fsp3) is 0.545. The summed E-state index contributed by atoms with van der Waals surface area (Å²) in [4.78, 5) is 16.1. The average molecular weight is 280 g/mol. The second-order valence-corrected chi connectivity index (χ2v) is 5.18. The van der Waals surface area contributed by atoms with Gasteiger partial charge in [-0.05, 0) is 30.7 Å². The van der Waals surface area contributed by atoms with Crippen LogP contribution in [-0.4, -0.2) is 31.1 Å². The van der Waals surface area contributed by atoms with E-state index in [1.165, 1.54) is 0 Å². The summed E-state index contributed by atoms with van der Waals surface area (Å²) in [6.45, 7) is 4.53. The maximum absolute atomic E-state index is 11.8. The molecular formula is C11H16N6OS. The zero-order valence-electron chi connectivity index (χ0n) is 10.9. The van der Waals surface area contributed by atoms with Gasteiger partial charge in [0.25, 0.3) is 0 Å². The molecule has 0 unspecified atom stereocenters. The lowest BCUT2D eigenvalue weighted by molar-refractivity contribution is -0.121. The Hall–Kier alpha value is -1.83. The predicted octanol–water partition coefficient (Wildman–Crippen LogP) is 1.10. The Labute approximate surface area is 115 Å². The van der Waals surface area contributed by atoms with E-state index in [0.29, 0.717) is 19.4 Å². The van der Waals surface area contributed by atoms with E-state index in [1.54, 1.807) is 22.3 Å². The number of hydrogen-bond acceptors (Lipinski definition) is 6. The fourth-order valence-corrected chi connectivity index (χ4v) is 2.43. The first-order chi connectivity index (χ1) is 9.15. The number of rotatable bonds is 6. The molecule has 2 aromatic heterocycles. The Balaban J connectivity index is 1.72. The molecule has 1 amide bonds. The summed E-state index contributed by atoms with van der Waals surface area (Å²) in [5.74, 6) is 0.0217. The minimum atomic E-state index is -0.0424. The Morgan fingerprint density at radius 3 is 3.05 bits per heavy atom. The third-order valence-electron chi connectivity index (χ3n) is 2.57. The molecule has 0 aliphatic heterocycles. The van der Waals surface area contributed by atoms with Crippen LogP contribution in [0.25, 0.3) is 0 Å². The summed E-state index contributed by atoms with van der Waals surface area (Å²) in [7, 11) is 0. The maximum atomic E-state index is 11.8. The first kappa shape index (κ1) is 13.6. The van der Waals surface area contributed by atoms with Gasteiger partial charge in [-0.3, -0.25) is 4.79 Å². The van der Waals surface area contributed by atoms with Crippen LogP contribution in [0.1, 0.15) is 36.5 Å².